The lowest BCUT2D eigenvalue weighted by atomic mass is 10.0. The molecule has 2 aromatic carbocycles. The number of anilines is 1. The zero-order valence-electron chi connectivity index (χ0n) is 19.0. The molecule has 3 rings (SSSR count). The van der Waals surface area contributed by atoms with E-state index in [0.717, 1.165) is 4.90 Å². The van der Waals surface area contributed by atoms with Crippen molar-refractivity contribution in [1.29, 1.82) is 0 Å². The van der Waals surface area contributed by atoms with E-state index in [-0.39, 0.29) is 29.2 Å². The van der Waals surface area contributed by atoms with Crippen molar-refractivity contribution >= 4 is 35.2 Å². The normalized spacial score (nSPS) is 14.6. The van der Waals surface area contributed by atoms with Crippen LogP contribution in [-0.2, 0) is 14.3 Å². The Hall–Kier alpha value is -3.81. The maximum atomic E-state index is 13.0. The van der Waals surface area contributed by atoms with Crippen molar-refractivity contribution in [1.82, 2.24) is 4.90 Å². The number of fused-ring (bicyclic) bond motifs is 1. The van der Waals surface area contributed by atoms with Crippen LogP contribution in [0.5, 0.6) is 0 Å². The summed E-state index contributed by atoms with van der Waals surface area (Å²) in [6, 6.07) is 11.6. The van der Waals surface area contributed by atoms with Crippen LogP contribution < -0.4 is 5.32 Å². The molecule has 1 N–H and O–H groups in total. The molecular weight excluding hydrogens is 424 g/mol. The Morgan fingerprint density at radius 1 is 0.939 bits per heavy atom. The van der Waals surface area contributed by atoms with Crippen molar-refractivity contribution in [3.05, 3.63) is 65.2 Å². The van der Waals surface area contributed by atoms with Crippen LogP contribution in [0.4, 0.5) is 5.69 Å². The molecule has 172 valence electrons. The summed E-state index contributed by atoms with van der Waals surface area (Å²) in [5.41, 5.74) is 1.29. The molecule has 0 saturated heterocycles. The zero-order valence-corrected chi connectivity index (χ0v) is 19.0. The van der Waals surface area contributed by atoms with Crippen molar-refractivity contribution in [2.24, 2.45) is 5.92 Å². The number of hydrogen-bond donors (Lipinski definition) is 1. The molecule has 0 spiro atoms. The number of nitrogens with one attached hydrogen (secondary N) is 1. The van der Waals surface area contributed by atoms with Gasteiger partial charge in [-0.3, -0.25) is 24.1 Å². The molecule has 0 bridgehead atoms. The standard InChI is InChI=1S/C25H26N2O6/c1-14(2)12-21(27-23(30)19-10-5-6-11-20(19)24(27)31)25(32)33-16(4)22(29)26-18-9-7-8-17(13-18)15(3)28/h5-11,13-14,16,21H,12H2,1-4H3,(H,26,29). The molecule has 0 radical (unpaired) electrons. The average Bonchev–Trinajstić information content (AvgIpc) is 3.02. The Morgan fingerprint density at radius 3 is 2.09 bits per heavy atom. The van der Waals surface area contributed by atoms with Crippen molar-refractivity contribution in [2.45, 2.75) is 46.3 Å². The second-order valence-corrected chi connectivity index (χ2v) is 8.38. The SMILES string of the molecule is CC(=O)c1cccc(NC(=O)C(C)OC(=O)C(CC(C)C)N2C(=O)c3ccccc3C2=O)c1. The first-order valence-electron chi connectivity index (χ1n) is 10.7. The summed E-state index contributed by atoms with van der Waals surface area (Å²) in [5.74, 6) is -2.73. The first kappa shape index (κ1) is 23.8. The van der Waals surface area contributed by atoms with Gasteiger partial charge in [0.2, 0.25) is 0 Å². The molecule has 0 fully saturated rings. The highest BCUT2D eigenvalue weighted by molar-refractivity contribution is 6.22. The van der Waals surface area contributed by atoms with Crippen LogP contribution in [0, 0.1) is 5.92 Å². The second kappa shape index (κ2) is 9.77. The fourth-order valence-corrected chi connectivity index (χ4v) is 3.61. The minimum absolute atomic E-state index is 0.0229. The molecule has 2 atom stereocenters. The van der Waals surface area contributed by atoms with E-state index in [4.69, 9.17) is 4.74 Å². The Labute approximate surface area is 191 Å². The minimum Gasteiger partial charge on any atom is -0.451 e. The van der Waals surface area contributed by atoms with Gasteiger partial charge in [0.1, 0.15) is 6.04 Å². The van der Waals surface area contributed by atoms with Crippen LogP contribution in [0.25, 0.3) is 0 Å². The first-order chi connectivity index (χ1) is 15.6. The van der Waals surface area contributed by atoms with Crippen LogP contribution in [0.2, 0.25) is 0 Å². The Morgan fingerprint density at radius 2 is 1.55 bits per heavy atom. The summed E-state index contributed by atoms with van der Waals surface area (Å²) in [7, 11) is 0. The van der Waals surface area contributed by atoms with E-state index in [1.54, 1.807) is 42.5 Å². The van der Waals surface area contributed by atoms with Gasteiger partial charge in [0.15, 0.2) is 11.9 Å². The van der Waals surface area contributed by atoms with Crippen LogP contribution >= 0.6 is 0 Å². The number of amides is 3. The number of rotatable bonds is 8. The maximum Gasteiger partial charge on any atom is 0.330 e. The van der Waals surface area contributed by atoms with E-state index in [1.807, 2.05) is 13.8 Å². The highest BCUT2D eigenvalue weighted by atomic mass is 16.5. The Bertz CT molecular complexity index is 1090. The van der Waals surface area contributed by atoms with Crippen molar-refractivity contribution < 1.29 is 28.7 Å². The number of carbonyl (C=O) groups is 5. The summed E-state index contributed by atoms with van der Waals surface area (Å²) in [5, 5.41) is 2.61. The number of hydrogen-bond acceptors (Lipinski definition) is 6. The molecule has 1 aliphatic rings. The molecule has 1 heterocycles. The van der Waals surface area contributed by atoms with E-state index < -0.39 is 35.8 Å². The molecule has 0 saturated carbocycles. The highest BCUT2D eigenvalue weighted by Crippen LogP contribution is 2.27. The number of imide groups is 1. The fraction of sp³-hybridized carbons (Fsp3) is 0.320. The maximum absolute atomic E-state index is 13.0. The lowest BCUT2D eigenvalue weighted by Crippen LogP contribution is -2.48. The molecular formula is C25H26N2O6. The molecule has 8 heteroatoms. The Balaban J connectivity index is 1.74. The van der Waals surface area contributed by atoms with Gasteiger partial charge in [-0.15, -0.1) is 0 Å². The molecule has 8 nitrogen and oxygen atoms in total. The van der Waals surface area contributed by atoms with Gasteiger partial charge in [-0.05, 0) is 50.5 Å². The predicted octanol–water partition coefficient (Wildman–Crippen LogP) is 3.47. The van der Waals surface area contributed by atoms with Gasteiger partial charge in [-0.25, -0.2) is 4.79 Å². The van der Waals surface area contributed by atoms with Gasteiger partial charge >= 0.3 is 5.97 Å². The molecule has 2 unspecified atom stereocenters. The molecule has 2 aromatic rings. The summed E-state index contributed by atoms with van der Waals surface area (Å²) in [6.07, 6.45) is -0.998. The van der Waals surface area contributed by atoms with E-state index in [1.165, 1.54) is 19.9 Å². The van der Waals surface area contributed by atoms with E-state index in [0.29, 0.717) is 11.3 Å². The number of ether oxygens (including phenoxy) is 1. The summed E-state index contributed by atoms with van der Waals surface area (Å²) >= 11 is 0. The van der Waals surface area contributed by atoms with Gasteiger partial charge in [-0.1, -0.05) is 38.1 Å². The van der Waals surface area contributed by atoms with E-state index in [2.05, 4.69) is 5.32 Å². The third-order valence-corrected chi connectivity index (χ3v) is 5.30. The van der Waals surface area contributed by atoms with E-state index in [9.17, 15) is 24.0 Å². The van der Waals surface area contributed by atoms with E-state index >= 15 is 0 Å². The van der Waals surface area contributed by atoms with Crippen LogP contribution in [-0.4, -0.2) is 46.5 Å². The smallest absolute Gasteiger partial charge is 0.330 e. The lowest BCUT2D eigenvalue weighted by Gasteiger charge is -2.27. The number of ketones is 1. The summed E-state index contributed by atoms with van der Waals surface area (Å²) in [4.78, 5) is 63.8. The van der Waals surface area contributed by atoms with Crippen LogP contribution in [0.1, 0.15) is 65.2 Å². The first-order valence-corrected chi connectivity index (χ1v) is 10.7. The quantitative estimate of drug-likeness (QED) is 0.375. The predicted molar refractivity (Wildman–Crippen MR) is 121 cm³/mol. The van der Waals surface area contributed by atoms with Crippen molar-refractivity contribution in [2.75, 3.05) is 5.32 Å². The third kappa shape index (κ3) is 5.16. The van der Waals surface area contributed by atoms with Gasteiger partial charge < -0.3 is 10.1 Å². The molecule has 1 aliphatic heterocycles. The molecule has 33 heavy (non-hydrogen) atoms. The number of nitrogens with zero attached hydrogens (tertiary/aromatic N) is 1. The van der Waals surface area contributed by atoms with Crippen LogP contribution in [0.15, 0.2) is 48.5 Å². The number of esters is 1. The lowest BCUT2D eigenvalue weighted by molar-refractivity contribution is -0.157. The Kier molecular flexibility index (Phi) is 7.06. The summed E-state index contributed by atoms with van der Waals surface area (Å²) < 4.78 is 5.37. The average molecular weight is 450 g/mol. The number of carbonyl (C=O) groups excluding carboxylic acids is 5. The van der Waals surface area contributed by atoms with Gasteiger partial charge in [0.25, 0.3) is 17.7 Å². The molecule has 3 amide bonds. The topological polar surface area (TPSA) is 110 Å². The zero-order chi connectivity index (χ0) is 24.3. The van der Waals surface area contributed by atoms with Gasteiger partial charge in [0.05, 0.1) is 11.1 Å². The number of Topliss-reactive ketones (excluding diaryl/α,β-unsaturated/α-hetero) is 1. The van der Waals surface area contributed by atoms with Crippen LogP contribution in [0.3, 0.4) is 0 Å². The fourth-order valence-electron chi connectivity index (χ4n) is 3.61. The van der Waals surface area contributed by atoms with Crippen molar-refractivity contribution in [3.63, 3.8) is 0 Å². The van der Waals surface area contributed by atoms with Gasteiger partial charge in [0, 0.05) is 11.3 Å². The second-order valence-electron chi connectivity index (χ2n) is 8.38. The minimum atomic E-state index is -1.19. The highest BCUT2D eigenvalue weighted by Gasteiger charge is 2.44. The summed E-state index contributed by atoms with van der Waals surface area (Å²) in [6.45, 7) is 6.53. The molecule has 0 aliphatic carbocycles. The monoisotopic (exact) mass is 450 g/mol. The number of benzene rings is 2. The van der Waals surface area contributed by atoms with Crippen molar-refractivity contribution in [3.8, 4) is 0 Å². The third-order valence-electron chi connectivity index (χ3n) is 5.30. The largest absolute Gasteiger partial charge is 0.451 e. The molecule has 0 aromatic heterocycles. The van der Waals surface area contributed by atoms with Gasteiger partial charge in [-0.2, -0.15) is 0 Å².